The fraction of sp³-hybridized carbons (Fsp3) is 0.714. The van der Waals surface area contributed by atoms with Gasteiger partial charge in [0.15, 0.2) is 0 Å². The Bertz CT molecular complexity index is 137. The molecule has 0 radical (unpaired) electrons. The van der Waals surface area contributed by atoms with Gasteiger partial charge >= 0.3 is 7.12 Å². The fourth-order valence-corrected chi connectivity index (χ4v) is 0.876. The first-order valence-electron chi connectivity index (χ1n) is 3.57. The van der Waals surface area contributed by atoms with Crippen molar-refractivity contribution in [2.75, 3.05) is 0 Å². The van der Waals surface area contributed by atoms with Gasteiger partial charge in [-0.05, 0) is 20.8 Å². The highest BCUT2D eigenvalue weighted by Crippen LogP contribution is 2.18. The van der Waals surface area contributed by atoms with Gasteiger partial charge in [-0.2, -0.15) is 0 Å². The van der Waals surface area contributed by atoms with Crippen LogP contribution in [0.25, 0.3) is 0 Å². The summed E-state index contributed by atoms with van der Waals surface area (Å²) in [7, 11) is -0.176. The highest BCUT2D eigenvalue weighted by Gasteiger charge is 2.34. The Kier molecular flexibility index (Phi) is 2.16. The molecule has 10 heavy (non-hydrogen) atoms. The molecule has 0 spiro atoms. The van der Waals surface area contributed by atoms with Gasteiger partial charge in [-0.15, -0.1) is 6.58 Å². The van der Waals surface area contributed by atoms with Crippen molar-refractivity contribution in [2.24, 2.45) is 0 Å². The molecule has 2 atom stereocenters. The van der Waals surface area contributed by atoms with Crippen LogP contribution in [-0.4, -0.2) is 19.3 Å². The topological polar surface area (TPSA) is 18.5 Å². The smallest absolute Gasteiger partial charge is 0.402 e. The predicted octanol–water partition coefficient (Wildman–Crippen LogP) is 1.41. The Labute approximate surface area is 62.4 Å². The van der Waals surface area contributed by atoms with Gasteiger partial charge in [-0.25, -0.2) is 0 Å². The second-order valence-corrected chi connectivity index (χ2v) is 2.86. The number of hydrogen-bond donors (Lipinski definition) is 0. The van der Waals surface area contributed by atoms with E-state index >= 15 is 0 Å². The average molecular weight is 140 g/mol. The van der Waals surface area contributed by atoms with Gasteiger partial charge in [0.2, 0.25) is 0 Å². The molecule has 1 rings (SSSR count). The van der Waals surface area contributed by atoms with Gasteiger partial charge in [0.1, 0.15) is 0 Å². The summed E-state index contributed by atoms with van der Waals surface area (Å²) in [6.07, 6.45) is 0.392. The monoisotopic (exact) mass is 140 g/mol. The molecule has 1 aliphatic heterocycles. The molecule has 3 heteroatoms. The lowest BCUT2D eigenvalue weighted by atomic mass is 9.81. The van der Waals surface area contributed by atoms with Gasteiger partial charge in [-0.3, -0.25) is 0 Å². The van der Waals surface area contributed by atoms with Crippen LogP contribution >= 0.6 is 0 Å². The van der Waals surface area contributed by atoms with Crippen LogP contribution in [0.5, 0.6) is 0 Å². The molecule has 1 aliphatic rings. The second kappa shape index (κ2) is 2.76. The van der Waals surface area contributed by atoms with E-state index in [1.807, 2.05) is 20.8 Å². The van der Waals surface area contributed by atoms with Crippen LogP contribution in [-0.2, 0) is 9.31 Å². The van der Waals surface area contributed by atoms with Crippen molar-refractivity contribution < 1.29 is 9.31 Å². The first-order chi connectivity index (χ1) is 4.61. The minimum Gasteiger partial charge on any atom is -0.402 e. The molecule has 1 saturated heterocycles. The van der Waals surface area contributed by atoms with Crippen LogP contribution in [0.4, 0.5) is 0 Å². The molecule has 1 heterocycles. The van der Waals surface area contributed by atoms with Crippen molar-refractivity contribution in [1.29, 1.82) is 0 Å². The summed E-state index contributed by atoms with van der Waals surface area (Å²) in [5, 5.41) is 0. The molecule has 0 aliphatic carbocycles. The Morgan fingerprint density at radius 3 is 1.90 bits per heavy atom. The fourth-order valence-electron chi connectivity index (χ4n) is 0.876. The van der Waals surface area contributed by atoms with Gasteiger partial charge in [0, 0.05) is 0 Å². The molecular weight excluding hydrogens is 127 g/mol. The lowest BCUT2D eigenvalue weighted by Gasteiger charge is -2.04. The molecule has 0 bridgehead atoms. The zero-order valence-corrected chi connectivity index (χ0v) is 6.76. The Hall–Kier alpha value is -0.275. The Morgan fingerprint density at radius 2 is 1.70 bits per heavy atom. The zero-order valence-electron chi connectivity index (χ0n) is 6.76. The highest BCUT2D eigenvalue weighted by atomic mass is 16.7. The first-order valence-corrected chi connectivity index (χ1v) is 3.57. The van der Waals surface area contributed by atoms with E-state index in [1.54, 1.807) is 0 Å². The summed E-state index contributed by atoms with van der Waals surface area (Å²) < 4.78 is 10.8. The van der Waals surface area contributed by atoms with Crippen molar-refractivity contribution in [1.82, 2.24) is 0 Å². The number of allylic oxidation sites excluding steroid dienone is 1. The third kappa shape index (κ3) is 1.41. The van der Waals surface area contributed by atoms with Crippen molar-refractivity contribution in [3.8, 4) is 0 Å². The van der Waals surface area contributed by atoms with E-state index in [0.29, 0.717) is 0 Å². The quantitative estimate of drug-likeness (QED) is 0.512. The Balaban J connectivity index is 2.49. The van der Waals surface area contributed by atoms with Crippen LogP contribution in [0.2, 0.25) is 0 Å². The minimum atomic E-state index is -0.176. The molecule has 0 N–H and O–H groups in total. The normalized spacial score (nSPS) is 32.9. The van der Waals surface area contributed by atoms with Crippen LogP contribution in [0.3, 0.4) is 0 Å². The van der Waals surface area contributed by atoms with Gasteiger partial charge < -0.3 is 9.31 Å². The third-order valence-electron chi connectivity index (χ3n) is 1.74. The van der Waals surface area contributed by atoms with Crippen molar-refractivity contribution in [2.45, 2.75) is 33.0 Å². The molecular formula is C7H13BO2. The van der Waals surface area contributed by atoms with E-state index in [1.165, 1.54) is 0 Å². The lowest BCUT2D eigenvalue weighted by molar-refractivity contribution is 0.187. The van der Waals surface area contributed by atoms with Crippen molar-refractivity contribution in [3.05, 3.63) is 12.1 Å². The lowest BCUT2D eigenvalue weighted by Crippen LogP contribution is -2.16. The molecule has 0 aromatic carbocycles. The summed E-state index contributed by atoms with van der Waals surface area (Å²) >= 11 is 0. The molecule has 2 unspecified atom stereocenters. The van der Waals surface area contributed by atoms with Crippen molar-refractivity contribution in [3.63, 3.8) is 0 Å². The van der Waals surface area contributed by atoms with E-state index < -0.39 is 0 Å². The molecule has 1 fully saturated rings. The van der Waals surface area contributed by atoms with Gasteiger partial charge in [0.25, 0.3) is 0 Å². The molecule has 0 aromatic rings. The molecule has 0 amide bonds. The zero-order chi connectivity index (χ0) is 7.72. The van der Waals surface area contributed by atoms with E-state index in [0.717, 1.165) is 5.47 Å². The maximum atomic E-state index is 5.41. The minimum absolute atomic E-state index is 0.176. The SMILES string of the molecule is C=C(C)B1OC(C)C(C)O1. The number of hydrogen-bond acceptors (Lipinski definition) is 2. The summed E-state index contributed by atoms with van der Waals surface area (Å²) in [6, 6.07) is 0. The predicted molar refractivity (Wildman–Crippen MR) is 41.7 cm³/mol. The van der Waals surface area contributed by atoms with Gasteiger partial charge in [0.05, 0.1) is 12.2 Å². The Morgan fingerprint density at radius 1 is 1.30 bits per heavy atom. The maximum Gasteiger partial charge on any atom is 0.489 e. The summed E-state index contributed by atoms with van der Waals surface area (Å²) in [4.78, 5) is 0. The van der Waals surface area contributed by atoms with Crippen LogP contribution in [0.15, 0.2) is 12.1 Å². The standard InChI is InChI=1S/C7H13BO2/c1-5(2)8-9-6(3)7(4)10-8/h6-7H,1H2,2-4H3. The number of rotatable bonds is 1. The third-order valence-corrected chi connectivity index (χ3v) is 1.74. The largest absolute Gasteiger partial charge is 0.489 e. The average Bonchev–Trinajstić information content (AvgIpc) is 2.13. The molecule has 56 valence electrons. The van der Waals surface area contributed by atoms with Gasteiger partial charge in [-0.1, -0.05) is 5.47 Å². The summed E-state index contributed by atoms with van der Waals surface area (Å²) in [5.74, 6) is 0. The summed E-state index contributed by atoms with van der Waals surface area (Å²) in [5.41, 5.74) is 0.941. The summed E-state index contributed by atoms with van der Waals surface area (Å²) in [6.45, 7) is 9.68. The van der Waals surface area contributed by atoms with E-state index in [2.05, 4.69) is 6.58 Å². The van der Waals surface area contributed by atoms with Crippen molar-refractivity contribution >= 4 is 7.12 Å². The van der Waals surface area contributed by atoms with Crippen LogP contribution in [0.1, 0.15) is 20.8 Å². The van der Waals surface area contributed by atoms with Crippen LogP contribution < -0.4 is 0 Å². The van der Waals surface area contributed by atoms with E-state index in [4.69, 9.17) is 9.31 Å². The molecule has 0 aromatic heterocycles. The van der Waals surface area contributed by atoms with E-state index in [9.17, 15) is 0 Å². The second-order valence-electron chi connectivity index (χ2n) is 2.86. The van der Waals surface area contributed by atoms with E-state index in [-0.39, 0.29) is 19.3 Å². The highest BCUT2D eigenvalue weighted by molar-refractivity contribution is 6.53. The first kappa shape index (κ1) is 7.83. The molecule has 0 saturated carbocycles. The molecule has 2 nitrogen and oxygen atoms in total. The maximum absolute atomic E-state index is 5.41. The van der Waals surface area contributed by atoms with Crippen LogP contribution in [0, 0.1) is 0 Å².